The van der Waals surface area contributed by atoms with E-state index in [1.54, 1.807) is 12.4 Å². The number of nitrogens with zero attached hydrogens (tertiary/aromatic N) is 3. The molecule has 2 aromatic rings. The standard InChI is InChI=1S/C13H17N3O/c1-3-13(17)12-5-4-10-16(12)15(2)11-6-8-14-9-7-11/h4-10,13,17H,3H2,1-2H3. The molecule has 0 amide bonds. The van der Waals surface area contributed by atoms with Gasteiger partial charge in [-0.3, -0.25) is 14.7 Å². The van der Waals surface area contributed by atoms with Crippen molar-refractivity contribution in [3.8, 4) is 0 Å². The van der Waals surface area contributed by atoms with Crippen LogP contribution in [0.15, 0.2) is 42.9 Å². The molecule has 0 saturated heterocycles. The molecule has 0 spiro atoms. The lowest BCUT2D eigenvalue weighted by Crippen LogP contribution is -2.26. The van der Waals surface area contributed by atoms with Crippen molar-refractivity contribution in [1.82, 2.24) is 9.66 Å². The van der Waals surface area contributed by atoms with E-state index < -0.39 is 6.10 Å². The molecule has 17 heavy (non-hydrogen) atoms. The molecule has 2 heterocycles. The van der Waals surface area contributed by atoms with Crippen LogP contribution in [0.2, 0.25) is 0 Å². The second-order valence-corrected chi connectivity index (χ2v) is 3.93. The van der Waals surface area contributed by atoms with Crippen molar-refractivity contribution in [2.24, 2.45) is 0 Å². The summed E-state index contributed by atoms with van der Waals surface area (Å²) < 4.78 is 1.95. The van der Waals surface area contributed by atoms with Crippen LogP contribution in [-0.2, 0) is 0 Å². The van der Waals surface area contributed by atoms with Crippen LogP contribution >= 0.6 is 0 Å². The Balaban J connectivity index is 2.32. The summed E-state index contributed by atoms with van der Waals surface area (Å²) in [4.78, 5) is 4.00. The summed E-state index contributed by atoms with van der Waals surface area (Å²) in [6, 6.07) is 7.74. The van der Waals surface area contributed by atoms with Gasteiger partial charge in [0.15, 0.2) is 0 Å². The van der Waals surface area contributed by atoms with E-state index in [9.17, 15) is 5.11 Å². The van der Waals surface area contributed by atoms with Crippen molar-refractivity contribution >= 4 is 5.69 Å². The van der Waals surface area contributed by atoms with E-state index in [2.05, 4.69) is 4.98 Å². The number of hydrogen-bond donors (Lipinski definition) is 1. The van der Waals surface area contributed by atoms with E-state index in [-0.39, 0.29) is 0 Å². The molecule has 0 bridgehead atoms. The van der Waals surface area contributed by atoms with E-state index in [0.29, 0.717) is 6.42 Å². The van der Waals surface area contributed by atoms with E-state index in [4.69, 9.17) is 0 Å². The van der Waals surface area contributed by atoms with Gasteiger partial charge >= 0.3 is 0 Å². The van der Waals surface area contributed by atoms with Crippen molar-refractivity contribution in [2.45, 2.75) is 19.4 Å². The molecule has 4 nitrogen and oxygen atoms in total. The van der Waals surface area contributed by atoms with Crippen LogP contribution < -0.4 is 5.01 Å². The molecule has 2 rings (SSSR count). The molecule has 0 saturated carbocycles. The molecule has 1 N–H and O–H groups in total. The lowest BCUT2D eigenvalue weighted by molar-refractivity contribution is 0.164. The van der Waals surface area contributed by atoms with E-state index >= 15 is 0 Å². The van der Waals surface area contributed by atoms with Crippen molar-refractivity contribution in [3.05, 3.63) is 48.5 Å². The van der Waals surface area contributed by atoms with Crippen molar-refractivity contribution < 1.29 is 5.11 Å². The number of aromatic nitrogens is 2. The van der Waals surface area contributed by atoms with Gasteiger partial charge < -0.3 is 5.11 Å². The Morgan fingerprint density at radius 3 is 2.71 bits per heavy atom. The zero-order chi connectivity index (χ0) is 12.3. The van der Waals surface area contributed by atoms with Gasteiger partial charge in [-0.25, -0.2) is 0 Å². The van der Waals surface area contributed by atoms with Gasteiger partial charge in [0.25, 0.3) is 0 Å². The number of anilines is 1. The fourth-order valence-electron chi connectivity index (χ4n) is 1.82. The van der Waals surface area contributed by atoms with Gasteiger partial charge in [0.1, 0.15) is 0 Å². The highest BCUT2D eigenvalue weighted by atomic mass is 16.3. The Bertz CT molecular complexity index is 467. The van der Waals surface area contributed by atoms with Gasteiger partial charge in [-0.1, -0.05) is 6.92 Å². The van der Waals surface area contributed by atoms with Gasteiger partial charge in [-0.15, -0.1) is 0 Å². The summed E-state index contributed by atoms with van der Waals surface area (Å²) in [7, 11) is 1.96. The molecule has 0 aromatic carbocycles. The maximum absolute atomic E-state index is 9.93. The molecule has 0 aliphatic heterocycles. The lowest BCUT2D eigenvalue weighted by Gasteiger charge is -2.24. The maximum Gasteiger partial charge on any atom is 0.0957 e. The summed E-state index contributed by atoms with van der Waals surface area (Å²) in [6.07, 6.45) is 5.72. The quantitative estimate of drug-likeness (QED) is 0.877. The average Bonchev–Trinajstić information content (AvgIpc) is 2.87. The highest BCUT2D eigenvalue weighted by Crippen LogP contribution is 2.20. The average molecular weight is 231 g/mol. The zero-order valence-corrected chi connectivity index (χ0v) is 10.1. The topological polar surface area (TPSA) is 41.3 Å². The van der Waals surface area contributed by atoms with Gasteiger partial charge in [0, 0.05) is 25.6 Å². The largest absolute Gasteiger partial charge is 0.387 e. The third-order valence-electron chi connectivity index (χ3n) is 2.85. The second kappa shape index (κ2) is 5.01. The first-order chi connectivity index (χ1) is 8.24. The molecule has 1 atom stereocenters. The number of aliphatic hydroxyl groups is 1. The normalized spacial score (nSPS) is 12.4. The maximum atomic E-state index is 9.93. The summed E-state index contributed by atoms with van der Waals surface area (Å²) in [5.74, 6) is 0. The number of aliphatic hydroxyl groups excluding tert-OH is 1. The molecular formula is C13H17N3O. The molecule has 0 aliphatic rings. The Morgan fingerprint density at radius 2 is 2.06 bits per heavy atom. The van der Waals surface area contributed by atoms with Crippen LogP contribution in [0.1, 0.15) is 25.1 Å². The Hall–Kier alpha value is -1.81. The molecule has 1 unspecified atom stereocenters. The first kappa shape index (κ1) is 11.7. The van der Waals surface area contributed by atoms with Gasteiger partial charge in [-0.2, -0.15) is 0 Å². The van der Waals surface area contributed by atoms with Crippen LogP contribution in [0.4, 0.5) is 5.69 Å². The molecular weight excluding hydrogens is 214 g/mol. The molecule has 0 fully saturated rings. The van der Waals surface area contributed by atoms with E-state index in [0.717, 1.165) is 11.4 Å². The van der Waals surface area contributed by atoms with Gasteiger partial charge in [-0.05, 0) is 30.7 Å². The third-order valence-corrected chi connectivity index (χ3v) is 2.85. The fraction of sp³-hybridized carbons (Fsp3) is 0.308. The van der Waals surface area contributed by atoms with Crippen LogP contribution in [-0.4, -0.2) is 21.8 Å². The Labute approximate surface area is 101 Å². The van der Waals surface area contributed by atoms with Gasteiger partial charge in [0.05, 0.1) is 17.5 Å². The van der Waals surface area contributed by atoms with Crippen LogP contribution in [0.5, 0.6) is 0 Å². The molecule has 2 aromatic heterocycles. The lowest BCUT2D eigenvalue weighted by atomic mass is 10.2. The minimum atomic E-state index is -0.436. The number of pyridine rings is 1. The minimum absolute atomic E-state index is 0.436. The minimum Gasteiger partial charge on any atom is -0.387 e. The molecule has 0 radical (unpaired) electrons. The first-order valence-corrected chi connectivity index (χ1v) is 5.73. The molecule has 4 heteroatoms. The van der Waals surface area contributed by atoms with Crippen LogP contribution in [0.25, 0.3) is 0 Å². The summed E-state index contributed by atoms with van der Waals surface area (Å²) >= 11 is 0. The molecule has 90 valence electrons. The van der Waals surface area contributed by atoms with E-state index in [1.807, 2.05) is 54.1 Å². The van der Waals surface area contributed by atoms with Gasteiger partial charge in [0.2, 0.25) is 0 Å². The zero-order valence-electron chi connectivity index (χ0n) is 10.1. The number of rotatable bonds is 4. The van der Waals surface area contributed by atoms with Crippen LogP contribution in [0.3, 0.4) is 0 Å². The Morgan fingerprint density at radius 1 is 1.35 bits per heavy atom. The van der Waals surface area contributed by atoms with Crippen molar-refractivity contribution in [3.63, 3.8) is 0 Å². The summed E-state index contributed by atoms with van der Waals surface area (Å²) in [6.45, 7) is 1.97. The number of hydrogen-bond acceptors (Lipinski definition) is 3. The monoisotopic (exact) mass is 231 g/mol. The summed E-state index contributed by atoms with van der Waals surface area (Å²) in [5, 5.41) is 11.9. The van der Waals surface area contributed by atoms with Crippen LogP contribution in [0, 0.1) is 0 Å². The first-order valence-electron chi connectivity index (χ1n) is 5.73. The SMILES string of the molecule is CCC(O)c1cccn1N(C)c1ccncc1. The van der Waals surface area contributed by atoms with E-state index in [1.165, 1.54) is 0 Å². The Kier molecular flexibility index (Phi) is 3.44. The second-order valence-electron chi connectivity index (χ2n) is 3.93. The predicted molar refractivity (Wildman–Crippen MR) is 67.7 cm³/mol. The predicted octanol–water partition coefficient (Wildman–Crippen LogP) is 2.23. The third kappa shape index (κ3) is 2.31. The van der Waals surface area contributed by atoms with Crippen molar-refractivity contribution in [1.29, 1.82) is 0 Å². The fourth-order valence-corrected chi connectivity index (χ4v) is 1.82. The van der Waals surface area contributed by atoms with Crippen molar-refractivity contribution in [2.75, 3.05) is 12.1 Å². The highest BCUT2D eigenvalue weighted by molar-refractivity contribution is 5.43. The highest BCUT2D eigenvalue weighted by Gasteiger charge is 2.13. The smallest absolute Gasteiger partial charge is 0.0957 e. The summed E-state index contributed by atoms with van der Waals surface area (Å²) in [5.41, 5.74) is 1.92. The molecule has 0 aliphatic carbocycles.